The largest absolute Gasteiger partial charge is 0.304 e. The van der Waals surface area contributed by atoms with Crippen LogP contribution in [0.15, 0.2) is 24.5 Å². The maximum Gasteiger partial charge on any atom is 0.146 e. The summed E-state index contributed by atoms with van der Waals surface area (Å²) in [6.07, 6.45) is 2.50. The molecule has 0 radical (unpaired) electrons. The van der Waals surface area contributed by atoms with Gasteiger partial charge in [-0.05, 0) is 36.7 Å². The molecule has 1 atom stereocenters. The number of halogens is 2. The van der Waals surface area contributed by atoms with Gasteiger partial charge in [0.1, 0.15) is 12.2 Å². The number of benzene rings is 1. The molecule has 0 fully saturated rings. The summed E-state index contributed by atoms with van der Waals surface area (Å²) >= 11 is 12.2. The van der Waals surface area contributed by atoms with E-state index in [2.05, 4.69) is 27.4 Å². The zero-order chi connectivity index (χ0) is 13.0. The summed E-state index contributed by atoms with van der Waals surface area (Å²) in [6.45, 7) is 2.96. The summed E-state index contributed by atoms with van der Waals surface area (Å²) in [5.41, 5.74) is 0.898. The first-order valence-corrected chi connectivity index (χ1v) is 6.51. The van der Waals surface area contributed by atoms with Crippen LogP contribution in [0, 0.1) is 0 Å². The number of aromatic nitrogens is 3. The van der Waals surface area contributed by atoms with Crippen molar-refractivity contribution in [2.75, 3.05) is 6.54 Å². The highest BCUT2D eigenvalue weighted by Crippen LogP contribution is 2.29. The molecule has 2 aromatic rings. The second-order valence-corrected chi connectivity index (χ2v) is 4.77. The van der Waals surface area contributed by atoms with Gasteiger partial charge in [0, 0.05) is 10.0 Å². The fourth-order valence-corrected chi connectivity index (χ4v) is 2.14. The smallest absolute Gasteiger partial charge is 0.146 e. The summed E-state index contributed by atoms with van der Waals surface area (Å²) in [5.74, 6) is 0.729. The van der Waals surface area contributed by atoms with Crippen molar-refractivity contribution in [3.05, 3.63) is 46.0 Å². The Labute approximate surface area is 116 Å². The quantitative estimate of drug-likeness (QED) is 0.887. The lowest BCUT2D eigenvalue weighted by Crippen LogP contribution is -2.24. The van der Waals surface area contributed by atoms with Crippen molar-refractivity contribution in [3.8, 4) is 0 Å². The van der Waals surface area contributed by atoms with Gasteiger partial charge in [-0.3, -0.25) is 5.10 Å². The fraction of sp³-hybridized carbons (Fsp3) is 0.333. The number of nitrogens with zero attached hydrogens (tertiary/aromatic N) is 2. The molecular formula is C12H14Cl2N4. The van der Waals surface area contributed by atoms with E-state index in [1.165, 1.54) is 6.33 Å². The molecule has 1 aromatic heterocycles. The number of hydrogen-bond acceptors (Lipinski definition) is 3. The molecule has 0 amide bonds. The molecule has 96 valence electrons. The Balaban J connectivity index is 2.36. The van der Waals surface area contributed by atoms with Crippen molar-refractivity contribution < 1.29 is 0 Å². The molecule has 1 aromatic carbocycles. The molecule has 1 unspecified atom stereocenters. The molecular weight excluding hydrogens is 271 g/mol. The number of hydrogen-bond donors (Lipinski definition) is 2. The van der Waals surface area contributed by atoms with Crippen LogP contribution in [0.25, 0.3) is 0 Å². The van der Waals surface area contributed by atoms with Crippen molar-refractivity contribution in [2.24, 2.45) is 0 Å². The van der Waals surface area contributed by atoms with Crippen LogP contribution in [0.4, 0.5) is 0 Å². The average molecular weight is 285 g/mol. The van der Waals surface area contributed by atoms with Crippen LogP contribution in [0.2, 0.25) is 10.0 Å². The Bertz CT molecular complexity index is 499. The molecule has 1 heterocycles. The molecule has 0 saturated heterocycles. The molecule has 6 heteroatoms. The molecule has 2 rings (SSSR count). The molecule has 2 N–H and O–H groups in total. The second kappa shape index (κ2) is 6.18. The number of aromatic amines is 1. The third-order valence-corrected chi connectivity index (χ3v) is 3.15. The van der Waals surface area contributed by atoms with Crippen molar-refractivity contribution in [3.63, 3.8) is 0 Å². The Morgan fingerprint density at radius 2 is 2.22 bits per heavy atom. The van der Waals surface area contributed by atoms with Gasteiger partial charge in [0.25, 0.3) is 0 Å². The molecule has 0 bridgehead atoms. The molecule has 4 nitrogen and oxygen atoms in total. The fourth-order valence-electron chi connectivity index (χ4n) is 1.73. The van der Waals surface area contributed by atoms with Gasteiger partial charge >= 0.3 is 0 Å². The van der Waals surface area contributed by atoms with Crippen molar-refractivity contribution >= 4 is 23.2 Å². The van der Waals surface area contributed by atoms with E-state index >= 15 is 0 Å². The molecule has 0 aliphatic rings. The molecule has 0 saturated carbocycles. The summed E-state index contributed by atoms with van der Waals surface area (Å²) in [4.78, 5) is 4.19. The lowest BCUT2D eigenvalue weighted by Gasteiger charge is -2.18. The average Bonchev–Trinajstić information content (AvgIpc) is 2.88. The monoisotopic (exact) mass is 284 g/mol. The first kappa shape index (κ1) is 13.3. The number of rotatable bonds is 5. The first-order chi connectivity index (χ1) is 8.72. The lowest BCUT2D eigenvalue weighted by atomic mass is 10.1. The van der Waals surface area contributed by atoms with E-state index < -0.39 is 0 Å². The van der Waals surface area contributed by atoms with E-state index in [1.807, 2.05) is 6.07 Å². The van der Waals surface area contributed by atoms with Crippen molar-refractivity contribution in [1.29, 1.82) is 0 Å². The first-order valence-electron chi connectivity index (χ1n) is 5.76. The Kier molecular flexibility index (Phi) is 4.58. The summed E-state index contributed by atoms with van der Waals surface area (Å²) in [6, 6.07) is 5.28. The Hall–Kier alpha value is -1.10. The topological polar surface area (TPSA) is 53.6 Å². The Morgan fingerprint density at radius 1 is 1.39 bits per heavy atom. The van der Waals surface area contributed by atoms with Crippen molar-refractivity contribution in [1.82, 2.24) is 20.5 Å². The van der Waals surface area contributed by atoms with Crippen LogP contribution < -0.4 is 5.32 Å². The van der Waals surface area contributed by atoms with Crippen LogP contribution in [0.1, 0.15) is 30.8 Å². The predicted molar refractivity (Wildman–Crippen MR) is 73.0 cm³/mol. The van der Waals surface area contributed by atoms with Gasteiger partial charge in [-0.1, -0.05) is 30.1 Å². The minimum atomic E-state index is -0.126. The Morgan fingerprint density at radius 3 is 2.89 bits per heavy atom. The molecule has 0 aliphatic heterocycles. The standard InChI is InChI=1S/C12H14Cl2N4/c1-2-5-15-11(12-16-7-17-18-12)9-6-8(13)3-4-10(9)14/h3-4,6-7,11,15H,2,5H2,1H3,(H,16,17,18). The zero-order valence-electron chi connectivity index (χ0n) is 9.95. The summed E-state index contributed by atoms with van der Waals surface area (Å²) < 4.78 is 0. The lowest BCUT2D eigenvalue weighted by molar-refractivity contribution is 0.574. The maximum absolute atomic E-state index is 6.23. The van der Waals surface area contributed by atoms with Crippen LogP contribution in [0.3, 0.4) is 0 Å². The van der Waals surface area contributed by atoms with Gasteiger partial charge in [-0.25, -0.2) is 4.98 Å². The normalized spacial score (nSPS) is 12.6. The van der Waals surface area contributed by atoms with Gasteiger partial charge in [0.15, 0.2) is 0 Å². The van der Waals surface area contributed by atoms with E-state index in [4.69, 9.17) is 23.2 Å². The van der Waals surface area contributed by atoms with Crippen LogP contribution in [-0.4, -0.2) is 21.7 Å². The van der Waals surface area contributed by atoms with Gasteiger partial charge in [-0.15, -0.1) is 0 Å². The summed E-state index contributed by atoms with van der Waals surface area (Å²) in [7, 11) is 0. The van der Waals surface area contributed by atoms with E-state index in [0.717, 1.165) is 24.4 Å². The van der Waals surface area contributed by atoms with Gasteiger partial charge in [-0.2, -0.15) is 5.10 Å². The highest BCUT2D eigenvalue weighted by Gasteiger charge is 2.19. The van der Waals surface area contributed by atoms with Crippen LogP contribution in [0.5, 0.6) is 0 Å². The van der Waals surface area contributed by atoms with E-state index in [-0.39, 0.29) is 6.04 Å². The van der Waals surface area contributed by atoms with Gasteiger partial charge in [0.05, 0.1) is 6.04 Å². The third-order valence-electron chi connectivity index (χ3n) is 2.57. The summed E-state index contributed by atoms with van der Waals surface area (Å²) in [5, 5.41) is 11.4. The highest BCUT2D eigenvalue weighted by molar-refractivity contribution is 6.33. The van der Waals surface area contributed by atoms with Crippen LogP contribution in [-0.2, 0) is 0 Å². The van der Waals surface area contributed by atoms with Gasteiger partial charge in [0.2, 0.25) is 0 Å². The second-order valence-electron chi connectivity index (χ2n) is 3.92. The molecule has 0 aliphatic carbocycles. The third kappa shape index (κ3) is 3.02. The van der Waals surface area contributed by atoms with E-state index in [0.29, 0.717) is 10.0 Å². The van der Waals surface area contributed by atoms with E-state index in [9.17, 15) is 0 Å². The van der Waals surface area contributed by atoms with E-state index in [1.54, 1.807) is 12.1 Å². The SMILES string of the molecule is CCCNC(c1ncn[nH]1)c1cc(Cl)ccc1Cl. The maximum atomic E-state index is 6.23. The zero-order valence-corrected chi connectivity index (χ0v) is 11.5. The molecule has 18 heavy (non-hydrogen) atoms. The van der Waals surface area contributed by atoms with Crippen LogP contribution >= 0.6 is 23.2 Å². The predicted octanol–water partition coefficient (Wildman–Crippen LogP) is 3.20. The minimum absolute atomic E-state index is 0.126. The molecule has 0 spiro atoms. The minimum Gasteiger partial charge on any atom is -0.304 e. The number of H-pyrrole nitrogens is 1. The van der Waals surface area contributed by atoms with Gasteiger partial charge < -0.3 is 5.32 Å². The highest BCUT2D eigenvalue weighted by atomic mass is 35.5. The number of nitrogens with one attached hydrogen (secondary N) is 2. The van der Waals surface area contributed by atoms with Crippen molar-refractivity contribution in [2.45, 2.75) is 19.4 Å².